The molecule has 9 rings (SSSR count). The summed E-state index contributed by atoms with van der Waals surface area (Å²) in [6, 6.07) is 23.2. The second-order valence-electron chi connectivity index (χ2n) is 25.5. The molecular formula is C66H71F8N7O9S2. The van der Waals surface area contributed by atoms with Gasteiger partial charge in [0.15, 0.2) is 10.3 Å². The van der Waals surface area contributed by atoms with E-state index in [0.29, 0.717) is 44.7 Å². The Bertz CT molecular complexity index is 3850. The maximum absolute atomic E-state index is 13.8. The Morgan fingerprint density at radius 3 is 1.58 bits per heavy atom. The largest absolute Gasteiger partial charge is 0.460 e. The number of amides is 3. The molecule has 92 heavy (non-hydrogen) atoms. The van der Waals surface area contributed by atoms with Gasteiger partial charge in [0, 0.05) is 54.2 Å². The third-order valence-corrected chi connectivity index (χ3v) is 14.9. The van der Waals surface area contributed by atoms with E-state index in [-0.39, 0.29) is 32.2 Å². The first-order chi connectivity index (χ1) is 42.7. The van der Waals surface area contributed by atoms with Gasteiger partial charge < -0.3 is 23.7 Å². The van der Waals surface area contributed by atoms with E-state index in [2.05, 4.69) is 25.3 Å². The smallest absolute Gasteiger partial charge is 0.416 e. The maximum atomic E-state index is 13.8. The molecule has 0 bridgehead atoms. The van der Waals surface area contributed by atoms with Crippen LogP contribution in [-0.2, 0) is 53.7 Å². The van der Waals surface area contributed by atoms with Crippen LogP contribution in [-0.4, -0.2) is 97.4 Å². The van der Waals surface area contributed by atoms with Gasteiger partial charge in [0.1, 0.15) is 29.1 Å². The molecule has 0 aliphatic carbocycles. The summed E-state index contributed by atoms with van der Waals surface area (Å²) in [6.45, 7) is 21.5. The minimum Gasteiger partial charge on any atom is -0.460 e. The summed E-state index contributed by atoms with van der Waals surface area (Å²) in [4.78, 5) is 70.7. The lowest BCUT2D eigenvalue weighted by Crippen LogP contribution is -2.41. The second-order valence-corrected chi connectivity index (χ2v) is 27.5. The van der Waals surface area contributed by atoms with Crippen LogP contribution in [0.5, 0.6) is 0 Å². The number of carbonyl (C=O) groups is 4. The van der Waals surface area contributed by atoms with E-state index in [1.807, 2.05) is 30.3 Å². The first-order valence-corrected chi connectivity index (χ1v) is 30.5. The summed E-state index contributed by atoms with van der Waals surface area (Å²) in [5.74, 6) is -2.20. The van der Waals surface area contributed by atoms with Crippen molar-refractivity contribution in [3.05, 3.63) is 156 Å². The van der Waals surface area contributed by atoms with E-state index in [0.717, 1.165) is 56.4 Å². The van der Waals surface area contributed by atoms with Crippen molar-refractivity contribution in [3.8, 4) is 20.9 Å². The summed E-state index contributed by atoms with van der Waals surface area (Å²) < 4.78 is 131. The topological polar surface area (TPSA) is 184 Å². The Kier molecular flexibility index (Phi) is 22.5. The number of ether oxygens (including phenoxy) is 5. The second kappa shape index (κ2) is 29.1. The van der Waals surface area contributed by atoms with Gasteiger partial charge in [-0.3, -0.25) is 19.9 Å². The van der Waals surface area contributed by atoms with Gasteiger partial charge in [-0.2, -0.15) is 35.1 Å². The number of halogens is 8. The minimum atomic E-state index is -4.49. The van der Waals surface area contributed by atoms with Crippen LogP contribution in [0.3, 0.4) is 0 Å². The molecule has 3 amide bonds. The molecule has 16 nitrogen and oxygen atoms in total. The Hall–Kier alpha value is -8.36. The Balaban J connectivity index is 0.000000215. The number of carbonyl (C=O) groups excluding carboxylic acids is 4. The number of nitrogens with one attached hydrogen (secondary N) is 1. The number of esters is 1. The van der Waals surface area contributed by atoms with Crippen LogP contribution in [0.2, 0.25) is 0 Å². The van der Waals surface area contributed by atoms with Crippen LogP contribution in [0.15, 0.2) is 122 Å². The quantitative estimate of drug-likeness (QED) is 0.0528. The summed E-state index contributed by atoms with van der Waals surface area (Å²) in [6.07, 6.45) is -3.88. The zero-order valence-corrected chi connectivity index (χ0v) is 54.3. The van der Waals surface area contributed by atoms with Crippen LogP contribution < -0.4 is 10.2 Å². The molecule has 4 aromatic heterocycles. The summed E-state index contributed by atoms with van der Waals surface area (Å²) in [7, 11) is 0. The molecule has 1 N–H and O–H groups in total. The molecule has 1 aliphatic heterocycles. The van der Waals surface area contributed by atoms with Gasteiger partial charge in [0.25, 0.3) is 0 Å². The number of pyridine rings is 2. The van der Waals surface area contributed by atoms with Gasteiger partial charge in [-0.1, -0.05) is 71.2 Å². The highest BCUT2D eigenvalue weighted by atomic mass is 32.1. The first-order valence-electron chi connectivity index (χ1n) is 28.9. The molecule has 1 saturated heterocycles. The molecule has 5 heterocycles. The van der Waals surface area contributed by atoms with Crippen molar-refractivity contribution in [1.82, 2.24) is 24.8 Å². The van der Waals surface area contributed by atoms with Crippen molar-refractivity contribution in [2.75, 3.05) is 30.1 Å². The average molecular weight is 1320 g/mol. The number of rotatable bonds is 12. The van der Waals surface area contributed by atoms with Crippen LogP contribution in [0.1, 0.15) is 112 Å². The number of hydrogen-bond acceptors (Lipinski definition) is 15. The summed E-state index contributed by atoms with van der Waals surface area (Å²) in [5, 5.41) is 6.37. The van der Waals surface area contributed by atoms with Gasteiger partial charge in [0.05, 0.1) is 40.0 Å². The Morgan fingerprint density at radius 2 is 1.08 bits per heavy atom. The minimum absolute atomic E-state index is 0.0310. The zero-order valence-electron chi connectivity index (χ0n) is 52.6. The lowest BCUT2D eigenvalue weighted by Gasteiger charge is -2.29. The number of thiazole rings is 2. The normalized spacial score (nSPS) is 14.1. The van der Waals surface area contributed by atoms with Crippen LogP contribution in [0.25, 0.3) is 42.4 Å². The molecule has 0 radical (unpaired) electrons. The van der Waals surface area contributed by atoms with E-state index >= 15 is 0 Å². The van der Waals surface area contributed by atoms with E-state index in [9.17, 15) is 54.3 Å². The lowest BCUT2D eigenvalue weighted by molar-refractivity contribution is -0.156. The highest BCUT2D eigenvalue weighted by Gasteiger charge is 2.36. The van der Waals surface area contributed by atoms with Gasteiger partial charge in [0.2, 0.25) is 11.9 Å². The number of aromatic nitrogens is 4. The molecule has 0 saturated carbocycles. The molecule has 2 atom stereocenters. The fraction of sp³-hybridized carbons (Fsp3) is 0.394. The number of fused-ring (bicyclic) bond motifs is 2. The molecule has 0 unspecified atom stereocenters. The van der Waals surface area contributed by atoms with Crippen molar-refractivity contribution in [2.24, 2.45) is 5.92 Å². The van der Waals surface area contributed by atoms with E-state index in [1.54, 1.807) is 102 Å². The lowest BCUT2D eigenvalue weighted by atomic mass is 9.95. The number of alkyl halides is 6. The molecule has 492 valence electrons. The Morgan fingerprint density at radius 1 is 0.587 bits per heavy atom. The van der Waals surface area contributed by atoms with Crippen LogP contribution in [0.4, 0.5) is 59.8 Å². The van der Waals surface area contributed by atoms with Gasteiger partial charge in [-0.15, -0.1) is 0 Å². The standard InChI is InChI=1S/C33H35F4N3O4S.C17H16FN3O2S.C16H20F3NO3/c1-31(2,3)43-28(41)14-21(13-20-7-11-25(12-8-20)33(35,36)37)19-40(30(42)44-32(4,5)6)29-39-18-26(45-29)22-9-10-23-17-38-27(34)16-24(23)15-22;1-17(2,3)23-16(22)21-15-20-9-13(24-15)10-4-5-11-8-19-14(18)7-12(11)6-10;1-15(2,3)23-14(21)20-10-22-9-13(20)8-11-4-6-12(7-5-11)16(17,18)19/h7-12,15-18,21H,13-14,19H2,1-6H3;4-9H,1-3H3,(H,20,21,22);4-7,13H,8-10H2,1-3H3/t21-;;13-/m1.0/s1. The molecule has 1 fully saturated rings. The SMILES string of the molecule is CC(C)(C)OC(=O)C[C@@H](Cc1ccc(C(F)(F)F)cc1)CN(C(=O)OC(C)(C)C)c1ncc(-c2ccc3cnc(F)cc3c2)s1.CC(C)(C)OC(=O)N1COC[C@@H]1Cc1ccc(C(F)(F)F)cc1.CC(C)(C)OC(=O)Nc1ncc(-c2ccc3cnc(F)cc3c2)s1. The fourth-order valence-electron chi connectivity index (χ4n) is 8.98. The highest BCUT2D eigenvalue weighted by molar-refractivity contribution is 7.19. The molecule has 0 spiro atoms. The van der Waals surface area contributed by atoms with Crippen molar-refractivity contribution in [2.45, 2.75) is 143 Å². The Labute approximate surface area is 535 Å². The zero-order chi connectivity index (χ0) is 67.7. The van der Waals surface area contributed by atoms with Crippen molar-refractivity contribution in [3.63, 3.8) is 0 Å². The van der Waals surface area contributed by atoms with E-state index in [1.165, 1.54) is 81.3 Å². The van der Waals surface area contributed by atoms with Gasteiger partial charge >= 0.3 is 36.6 Å². The van der Waals surface area contributed by atoms with Crippen molar-refractivity contribution < 1.29 is 78.0 Å². The average Bonchev–Trinajstić information content (AvgIpc) is 1.57. The van der Waals surface area contributed by atoms with Crippen molar-refractivity contribution >= 4 is 78.7 Å². The van der Waals surface area contributed by atoms with Gasteiger partial charge in [-0.05, 0) is 171 Å². The number of nitrogens with zero attached hydrogens (tertiary/aromatic N) is 6. The molecule has 26 heteroatoms. The number of benzene rings is 4. The van der Waals surface area contributed by atoms with E-state index < -0.39 is 87.9 Å². The molecule has 1 aliphatic rings. The van der Waals surface area contributed by atoms with Crippen LogP contribution >= 0.6 is 22.7 Å². The third kappa shape index (κ3) is 21.9. The predicted molar refractivity (Wildman–Crippen MR) is 336 cm³/mol. The van der Waals surface area contributed by atoms with E-state index in [4.69, 9.17) is 23.7 Å². The number of hydrogen-bond donors (Lipinski definition) is 1. The molecule has 8 aromatic rings. The predicted octanol–water partition coefficient (Wildman–Crippen LogP) is 17.5. The summed E-state index contributed by atoms with van der Waals surface area (Å²) >= 11 is 2.53. The van der Waals surface area contributed by atoms with Gasteiger partial charge in [-0.25, -0.2) is 34.3 Å². The maximum Gasteiger partial charge on any atom is 0.416 e. The fourth-order valence-corrected chi connectivity index (χ4v) is 10.7. The highest BCUT2D eigenvalue weighted by Crippen LogP contribution is 2.37. The molecular weight excluding hydrogens is 1250 g/mol. The number of anilines is 2. The molecule has 4 aromatic carbocycles. The third-order valence-electron chi connectivity index (χ3n) is 12.9. The summed E-state index contributed by atoms with van der Waals surface area (Å²) in [5.41, 5.74) is -1.36. The first kappa shape index (κ1) is 71.1. The van der Waals surface area contributed by atoms with Crippen LogP contribution in [0, 0.1) is 17.8 Å². The monoisotopic (exact) mass is 1320 g/mol. The van der Waals surface area contributed by atoms with Crippen molar-refractivity contribution in [1.29, 1.82) is 0 Å².